The van der Waals surface area contributed by atoms with E-state index in [1.165, 1.54) is 5.56 Å². The van der Waals surface area contributed by atoms with Gasteiger partial charge < -0.3 is 20.3 Å². The molecule has 0 aliphatic carbocycles. The number of ether oxygens (including phenoxy) is 2. The molecule has 2 atom stereocenters. The van der Waals surface area contributed by atoms with Crippen LogP contribution in [0.2, 0.25) is 0 Å². The number of aliphatic hydroxyl groups excluding tert-OH is 1. The Morgan fingerprint density at radius 3 is 2.26 bits per heavy atom. The molecule has 2 unspecified atom stereocenters. The maximum atomic E-state index is 9.67. The molecule has 0 saturated heterocycles. The van der Waals surface area contributed by atoms with Crippen LogP contribution in [0.25, 0.3) is 0 Å². The second-order valence-electron chi connectivity index (χ2n) is 5.17. The Kier molecular flexibility index (Phi) is 6.84. The third-order valence-corrected chi connectivity index (χ3v) is 2.55. The summed E-state index contributed by atoms with van der Waals surface area (Å²) in [6.07, 6.45) is 0.365. The fourth-order valence-corrected chi connectivity index (χ4v) is 1.64. The van der Waals surface area contributed by atoms with Crippen LogP contribution >= 0.6 is 0 Å². The van der Waals surface area contributed by atoms with Crippen molar-refractivity contribution in [1.29, 1.82) is 0 Å². The van der Waals surface area contributed by atoms with Crippen LogP contribution in [0, 0.1) is 0 Å². The van der Waals surface area contributed by atoms with Gasteiger partial charge in [0, 0.05) is 6.04 Å². The first-order valence-corrected chi connectivity index (χ1v) is 6.74. The van der Waals surface area contributed by atoms with E-state index < -0.39 is 6.10 Å². The summed E-state index contributed by atoms with van der Waals surface area (Å²) >= 11 is 0. The molecule has 19 heavy (non-hydrogen) atoms. The van der Waals surface area contributed by atoms with Crippen LogP contribution in [-0.4, -0.2) is 36.6 Å². The van der Waals surface area contributed by atoms with Gasteiger partial charge in [-0.25, -0.2) is 0 Å². The van der Waals surface area contributed by atoms with Gasteiger partial charge in [-0.1, -0.05) is 12.1 Å². The monoisotopic (exact) mass is 267 g/mol. The van der Waals surface area contributed by atoms with Gasteiger partial charge in [0.1, 0.15) is 18.5 Å². The van der Waals surface area contributed by atoms with Crippen LogP contribution in [-0.2, 0) is 11.2 Å². The highest BCUT2D eigenvalue weighted by atomic mass is 16.5. The van der Waals surface area contributed by atoms with Crippen molar-refractivity contribution in [3.05, 3.63) is 29.8 Å². The maximum Gasteiger partial charge on any atom is 0.119 e. The minimum absolute atomic E-state index is 0.118. The van der Waals surface area contributed by atoms with Crippen molar-refractivity contribution in [2.45, 2.75) is 45.4 Å². The van der Waals surface area contributed by atoms with Gasteiger partial charge in [-0.05, 0) is 44.9 Å². The molecule has 3 N–H and O–H groups in total. The lowest BCUT2D eigenvalue weighted by atomic mass is 10.1. The minimum atomic E-state index is -0.605. The summed E-state index contributed by atoms with van der Waals surface area (Å²) in [6.45, 7) is 6.38. The van der Waals surface area contributed by atoms with Gasteiger partial charge in [0.25, 0.3) is 0 Å². The van der Waals surface area contributed by atoms with Gasteiger partial charge in [-0.2, -0.15) is 0 Å². The van der Waals surface area contributed by atoms with E-state index in [-0.39, 0.29) is 18.8 Å². The predicted octanol–water partition coefficient (Wildman–Crippen LogP) is 1.74. The van der Waals surface area contributed by atoms with Gasteiger partial charge in [0.05, 0.1) is 12.7 Å². The van der Waals surface area contributed by atoms with Crippen molar-refractivity contribution in [2.75, 3.05) is 13.2 Å². The van der Waals surface area contributed by atoms with Crippen molar-refractivity contribution in [3.63, 3.8) is 0 Å². The molecule has 4 nitrogen and oxygen atoms in total. The first kappa shape index (κ1) is 16.0. The molecule has 0 aliphatic rings. The standard InChI is InChI=1S/C15H25NO3/c1-11(2)18-9-14(17)10-19-15-6-4-13(5-7-15)8-12(3)16/h4-7,11-12,14,17H,8-10,16H2,1-3H3. The first-order chi connectivity index (χ1) is 8.97. The summed E-state index contributed by atoms with van der Waals surface area (Å²) in [4.78, 5) is 0. The molecular weight excluding hydrogens is 242 g/mol. The summed E-state index contributed by atoms with van der Waals surface area (Å²) in [5.41, 5.74) is 6.93. The van der Waals surface area contributed by atoms with E-state index in [4.69, 9.17) is 15.2 Å². The molecule has 4 heteroatoms. The number of hydrogen-bond donors (Lipinski definition) is 2. The number of benzene rings is 1. The summed E-state index contributed by atoms with van der Waals surface area (Å²) in [5, 5.41) is 9.67. The second-order valence-corrected chi connectivity index (χ2v) is 5.17. The Morgan fingerprint density at radius 1 is 1.11 bits per heavy atom. The average Bonchev–Trinajstić information content (AvgIpc) is 2.35. The average molecular weight is 267 g/mol. The Balaban J connectivity index is 2.33. The molecule has 0 spiro atoms. The topological polar surface area (TPSA) is 64.7 Å². The highest BCUT2D eigenvalue weighted by Gasteiger charge is 2.07. The van der Waals surface area contributed by atoms with Crippen LogP contribution in [0.4, 0.5) is 0 Å². The zero-order chi connectivity index (χ0) is 14.3. The van der Waals surface area contributed by atoms with Gasteiger partial charge in [-0.3, -0.25) is 0 Å². The zero-order valence-corrected chi connectivity index (χ0v) is 12.0. The van der Waals surface area contributed by atoms with Crippen molar-refractivity contribution in [1.82, 2.24) is 0 Å². The van der Waals surface area contributed by atoms with Crippen LogP contribution in [0.5, 0.6) is 5.75 Å². The smallest absolute Gasteiger partial charge is 0.119 e. The van der Waals surface area contributed by atoms with Crippen LogP contribution in [0.1, 0.15) is 26.3 Å². The van der Waals surface area contributed by atoms with Crippen LogP contribution < -0.4 is 10.5 Å². The summed E-state index contributed by atoms with van der Waals surface area (Å²) in [5.74, 6) is 0.747. The third-order valence-electron chi connectivity index (χ3n) is 2.55. The van der Waals surface area contributed by atoms with Crippen molar-refractivity contribution < 1.29 is 14.6 Å². The highest BCUT2D eigenvalue weighted by Crippen LogP contribution is 2.13. The van der Waals surface area contributed by atoms with Gasteiger partial charge in [0.2, 0.25) is 0 Å². The normalized spacial score (nSPS) is 14.4. The molecule has 0 aromatic heterocycles. The molecule has 1 rings (SSSR count). The largest absolute Gasteiger partial charge is 0.491 e. The van der Waals surface area contributed by atoms with E-state index in [2.05, 4.69) is 0 Å². The number of aliphatic hydroxyl groups is 1. The molecule has 0 bridgehead atoms. The van der Waals surface area contributed by atoms with Crippen molar-refractivity contribution in [2.24, 2.45) is 5.73 Å². The van der Waals surface area contributed by atoms with E-state index in [9.17, 15) is 5.11 Å². The lowest BCUT2D eigenvalue weighted by Crippen LogP contribution is -2.25. The molecule has 1 aromatic rings. The molecule has 0 aliphatic heterocycles. The maximum absolute atomic E-state index is 9.67. The Morgan fingerprint density at radius 2 is 1.74 bits per heavy atom. The molecule has 0 radical (unpaired) electrons. The molecule has 0 saturated carbocycles. The quantitative estimate of drug-likeness (QED) is 0.753. The Hall–Kier alpha value is -1.10. The van der Waals surface area contributed by atoms with Crippen molar-refractivity contribution in [3.8, 4) is 5.75 Å². The van der Waals surface area contributed by atoms with Gasteiger partial charge in [0.15, 0.2) is 0 Å². The summed E-state index contributed by atoms with van der Waals surface area (Å²) in [6, 6.07) is 7.94. The zero-order valence-electron chi connectivity index (χ0n) is 12.0. The van der Waals surface area contributed by atoms with Crippen molar-refractivity contribution >= 4 is 0 Å². The van der Waals surface area contributed by atoms with E-state index in [1.54, 1.807) is 0 Å². The second kappa shape index (κ2) is 8.15. The summed E-state index contributed by atoms with van der Waals surface area (Å²) < 4.78 is 10.8. The van der Waals surface area contributed by atoms with E-state index in [0.29, 0.717) is 6.61 Å². The van der Waals surface area contributed by atoms with E-state index in [0.717, 1.165) is 12.2 Å². The molecular formula is C15H25NO3. The lowest BCUT2D eigenvalue weighted by Gasteiger charge is -2.14. The fourth-order valence-electron chi connectivity index (χ4n) is 1.64. The van der Waals surface area contributed by atoms with Gasteiger partial charge in [-0.15, -0.1) is 0 Å². The molecule has 1 aromatic carbocycles. The highest BCUT2D eigenvalue weighted by molar-refractivity contribution is 5.27. The number of rotatable bonds is 8. The third kappa shape index (κ3) is 7.15. The predicted molar refractivity (Wildman–Crippen MR) is 76.4 cm³/mol. The molecule has 0 heterocycles. The van der Waals surface area contributed by atoms with Crippen LogP contribution in [0.3, 0.4) is 0 Å². The van der Waals surface area contributed by atoms with Gasteiger partial charge >= 0.3 is 0 Å². The van der Waals surface area contributed by atoms with E-state index >= 15 is 0 Å². The number of hydrogen-bond acceptors (Lipinski definition) is 4. The van der Waals surface area contributed by atoms with Crippen LogP contribution in [0.15, 0.2) is 24.3 Å². The molecule has 108 valence electrons. The first-order valence-electron chi connectivity index (χ1n) is 6.74. The fraction of sp³-hybridized carbons (Fsp3) is 0.600. The number of nitrogens with two attached hydrogens (primary N) is 1. The SMILES string of the molecule is CC(N)Cc1ccc(OCC(O)COC(C)C)cc1. The van der Waals surface area contributed by atoms with E-state index in [1.807, 2.05) is 45.0 Å². The molecule has 0 fully saturated rings. The molecule has 0 amide bonds. The Labute approximate surface area is 115 Å². The Bertz CT molecular complexity index is 349. The summed E-state index contributed by atoms with van der Waals surface area (Å²) in [7, 11) is 0. The lowest BCUT2D eigenvalue weighted by molar-refractivity contribution is -0.0122. The minimum Gasteiger partial charge on any atom is -0.491 e.